The van der Waals surface area contributed by atoms with Gasteiger partial charge in [-0.3, -0.25) is 9.69 Å². The number of aromatic nitrogens is 5. The van der Waals surface area contributed by atoms with E-state index in [1.54, 1.807) is 24.4 Å². The normalized spacial score (nSPS) is 16.7. The van der Waals surface area contributed by atoms with Gasteiger partial charge in [0.05, 0.1) is 11.8 Å². The Morgan fingerprint density at radius 3 is 2.59 bits per heavy atom. The molecule has 44 heavy (non-hydrogen) atoms. The lowest BCUT2D eigenvalue weighted by Gasteiger charge is -2.37. The van der Waals surface area contributed by atoms with Gasteiger partial charge in [-0.1, -0.05) is 6.07 Å². The molecule has 0 radical (unpaired) electrons. The minimum atomic E-state index is -4.55. The van der Waals surface area contributed by atoms with E-state index in [0.29, 0.717) is 28.5 Å². The maximum atomic E-state index is 13.1. The number of rotatable bonds is 7. The number of anilines is 4. The summed E-state index contributed by atoms with van der Waals surface area (Å²) in [4.78, 5) is 39.6. The third-order valence-electron chi connectivity index (χ3n) is 8.08. The fourth-order valence-corrected chi connectivity index (χ4v) is 5.54. The Kier molecular flexibility index (Phi) is 8.53. The molecule has 1 aromatic carbocycles. The highest BCUT2D eigenvalue weighted by Gasteiger charge is 2.31. The van der Waals surface area contributed by atoms with E-state index in [2.05, 4.69) is 45.7 Å². The standard InChI is InChI=1S/C30H33F3N10O/c1-19-2-3-21(28(44)40-25-15-22(6-9-35-25)30(31,32)33)14-23(19)39-27-26-24(37-18-38-27)16-36-29(41-26)43-12-10-42(11-13-43)17-20-4-7-34-8-5-20/h2-3,6,9,14-16,18,20,34H,4-5,7-8,10-13,17H2,1H3,(H,35,40,44)(H,37,38,39). The van der Waals surface area contributed by atoms with E-state index in [9.17, 15) is 18.0 Å². The van der Waals surface area contributed by atoms with Crippen molar-refractivity contribution in [3.8, 4) is 0 Å². The highest BCUT2D eigenvalue weighted by atomic mass is 19.4. The van der Waals surface area contributed by atoms with Crippen LogP contribution in [-0.4, -0.2) is 81.5 Å². The molecule has 6 rings (SSSR count). The number of fused-ring (bicyclic) bond motifs is 1. The second kappa shape index (κ2) is 12.7. The molecular weight excluding hydrogens is 573 g/mol. The van der Waals surface area contributed by atoms with Crippen LogP contribution < -0.4 is 20.9 Å². The summed E-state index contributed by atoms with van der Waals surface area (Å²) in [6, 6.07) is 6.58. The molecule has 3 aromatic heterocycles. The Labute approximate surface area is 252 Å². The van der Waals surface area contributed by atoms with Crippen molar-refractivity contribution in [1.29, 1.82) is 0 Å². The molecule has 4 aromatic rings. The van der Waals surface area contributed by atoms with Gasteiger partial charge in [-0.05, 0) is 68.6 Å². The van der Waals surface area contributed by atoms with E-state index in [-0.39, 0.29) is 11.4 Å². The van der Waals surface area contributed by atoms with Crippen LogP contribution in [0.15, 0.2) is 49.1 Å². The third kappa shape index (κ3) is 6.86. The van der Waals surface area contributed by atoms with Crippen molar-refractivity contribution < 1.29 is 18.0 Å². The Balaban J connectivity index is 1.17. The largest absolute Gasteiger partial charge is 0.416 e. The summed E-state index contributed by atoms with van der Waals surface area (Å²) in [5, 5.41) is 9.14. The minimum absolute atomic E-state index is 0.196. The fraction of sp³-hybridized carbons (Fsp3) is 0.400. The predicted molar refractivity (Wildman–Crippen MR) is 161 cm³/mol. The second-order valence-corrected chi connectivity index (χ2v) is 11.1. The molecule has 2 fully saturated rings. The van der Waals surface area contributed by atoms with Gasteiger partial charge in [-0.15, -0.1) is 0 Å². The molecular formula is C30H33F3N10O. The highest BCUT2D eigenvalue weighted by Crippen LogP contribution is 2.30. The van der Waals surface area contributed by atoms with Gasteiger partial charge in [0, 0.05) is 50.2 Å². The molecule has 0 aliphatic carbocycles. The Bertz CT molecular complexity index is 1640. The summed E-state index contributed by atoms with van der Waals surface area (Å²) >= 11 is 0. The summed E-state index contributed by atoms with van der Waals surface area (Å²) in [6.07, 6.45) is 2.01. The van der Waals surface area contributed by atoms with Gasteiger partial charge in [0.25, 0.3) is 5.91 Å². The highest BCUT2D eigenvalue weighted by molar-refractivity contribution is 6.04. The smallest absolute Gasteiger partial charge is 0.338 e. The van der Waals surface area contributed by atoms with Crippen LogP contribution in [0.5, 0.6) is 0 Å². The monoisotopic (exact) mass is 606 g/mol. The first-order valence-corrected chi connectivity index (χ1v) is 14.6. The number of amides is 1. The first-order valence-electron chi connectivity index (χ1n) is 14.6. The van der Waals surface area contributed by atoms with Crippen LogP contribution >= 0.6 is 0 Å². The lowest BCUT2D eigenvalue weighted by Crippen LogP contribution is -2.49. The van der Waals surface area contributed by atoms with Crippen LogP contribution in [0.2, 0.25) is 0 Å². The number of aryl methyl sites for hydroxylation is 1. The number of halogens is 3. The molecule has 2 saturated heterocycles. The number of nitrogens with zero attached hydrogens (tertiary/aromatic N) is 7. The fourth-order valence-electron chi connectivity index (χ4n) is 5.54. The molecule has 0 bridgehead atoms. The van der Waals surface area contributed by atoms with Crippen molar-refractivity contribution in [1.82, 2.24) is 35.1 Å². The number of nitrogens with one attached hydrogen (secondary N) is 3. The molecule has 0 saturated carbocycles. The van der Waals surface area contributed by atoms with E-state index >= 15 is 0 Å². The van der Waals surface area contributed by atoms with Crippen LogP contribution in [0.1, 0.15) is 34.3 Å². The number of alkyl halides is 3. The van der Waals surface area contributed by atoms with Gasteiger partial charge in [0.1, 0.15) is 23.2 Å². The quantitative estimate of drug-likeness (QED) is 0.281. The third-order valence-corrected chi connectivity index (χ3v) is 8.08. The van der Waals surface area contributed by atoms with E-state index < -0.39 is 17.6 Å². The Morgan fingerprint density at radius 1 is 1.02 bits per heavy atom. The van der Waals surface area contributed by atoms with Crippen LogP contribution in [0.4, 0.5) is 36.4 Å². The predicted octanol–water partition coefficient (Wildman–Crippen LogP) is 4.26. The maximum Gasteiger partial charge on any atom is 0.416 e. The number of carbonyl (C=O) groups is 1. The average molecular weight is 607 g/mol. The molecule has 0 unspecified atom stereocenters. The van der Waals surface area contributed by atoms with Gasteiger partial charge in [0.15, 0.2) is 5.82 Å². The lowest BCUT2D eigenvalue weighted by atomic mass is 9.97. The van der Waals surface area contributed by atoms with Gasteiger partial charge in [-0.25, -0.2) is 24.9 Å². The van der Waals surface area contributed by atoms with Crippen LogP contribution in [0.3, 0.4) is 0 Å². The van der Waals surface area contributed by atoms with E-state index in [1.165, 1.54) is 19.2 Å². The molecule has 14 heteroatoms. The van der Waals surface area contributed by atoms with Gasteiger partial charge < -0.3 is 20.9 Å². The van der Waals surface area contributed by atoms with Crippen LogP contribution in [0, 0.1) is 12.8 Å². The molecule has 2 aliphatic rings. The molecule has 1 amide bonds. The molecule has 0 spiro atoms. The Hall–Kier alpha value is -4.43. The van der Waals surface area contributed by atoms with Gasteiger partial charge >= 0.3 is 6.18 Å². The summed E-state index contributed by atoms with van der Waals surface area (Å²) in [7, 11) is 0. The maximum absolute atomic E-state index is 13.1. The van der Waals surface area contributed by atoms with E-state index in [0.717, 1.165) is 75.6 Å². The van der Waals surface area contributed by atoms with Crippen molar-refractivity contribution in [2.24, 2.45) is 5.92 Å². The minimum Gasteiger partial charge on any atom is -0.338 e. The van der Waals surface area contributed by atoms with Crippen LogP contribution in [0.25, 0.3) is 11.0 Å². The van der Waals surface area contributed by atoms with Crippen molar-refractivity contribution in [2.45, 2.75) is 25.9 Å². The second-order valence-electron chi connectivity index (χ2n) is 11.1. The zero-order valence-electron chi connectivity index (χ0n) is 24.2. The summed E-state index contributed by atoms with van der Waals surface area (Å²) in [5.74, 6) is 1.00. The molecule has 11 nitrogen and oxygen atoms in total. The summed E-state index contributed by atoms with van der Waals surface area (Å²) < 4.78 is 39.3. The number of benzene rings is 1. The Morgan fingerprint density at radius 2 is 1.82 bits per heavy atom. The number of hydrogen-bond donors (Lipinski definition) is 3. The molecule has 230 valence electrons. The number of hydrogen-bond acceptors (Lipinski definition) is 10. The topological polar surface area (TPSA) is 124 Å². The van der Waals surface area contributed by atoms with Crippen LogP contribution in [-0.2, 0) is 6.18 Å². The summed E-state index contributed by atoms with van der Waals surface area (Å²) in [5.41, 5.74) is 1.85. The van der Waals surface area contributed by atoms with Crippen molar-refractivity contribution in [3.05, 3.63) is 65.7 Å². The molecule has 3 N–H and O–H groups in total. The van der Waals surface area contributed by atoms with E-state index in [4.69, 9.17) is 4.98 Å². The molecule has 5 heterocycles. The van der Waals surface area contributed by atoms with E-state index in [1.807, 2.05) is 6.92 Å². The molecule has 2 aliphatic heterocycles. The zero-order valence-corrected chi connectivity index (χ0v) is 24.2. The van der Waals surface area contributed by atoms with Gasteiger partial charge in [0.2, 0.25) is 5.95 Å². The van der Waals surface area contributed by atoms with Crippen molar-refractivity contribution in [3.63, 3.8) is 0 Å². The average Bonchev–Trinajstić information content (AvgIpc) is 3.02. The number of piperazine rings is 1. The van der Waals surface area contributed by atoms with Crippen molar-refractivity contribution in [2.75, 3.05) is 61.3 Å². The first-order chi connectivity index (χ1) is 21.2. The zero-order chi connectivity index (χ0) is 30.7. The molecule has 0 atom stereocenters. The van der Waals surface area contributed by atoms with Gasteiger partial charge in [-0.2, -0.15) is 13.2 Å². The SMILES string of the molecule is Cc1ccc(C(=O)Nc2cc(C(F)(F)F)ccn2)cc1Nc1ncnc2cnc(N3CCN(CC4CCNCC4)CC3)nc12. The number of carbonyl (C=O) groups excluding carboxylic acids is 1. The number of piperidine rings is 1. The van der Waals surface area contributed by atoms with Crippen molar-refractivity contribution >= 4 is 40.2 Å². The number of pyridine rings is 1. The first kappa shape index (κ1) is 29.6. The summed E-state index contributed by atoms with van der Waals surface area (Å²) in [6.45, 7) is 8.74. The lowest BCUT2D eigenvalue weighted by molar-refractivity contribution is -0.137.